The van der Waals surface area contributed by atoms with Crippen molar-refractivity contribution in [3.63, 3.8) is 0 Å². The summed E-state index contributed by atoms with van der Waals surface area (Å²) in [5.74, 6) is 0.759. The molecule has 1 aromatic carbocycles. The van der Waals surface area contributed by atoms with Gasteiger partial charge in [0.05, 0.1) is 11.4 Å². The molecule has 2 atom stereocenters. The van der Waals surface area contributed by atoms with Crippen LogP contribution in [0.1, 0.15) is 32.3 Å². The van der Waals surface area contributed by atoms with Gasteiger partial charge in [0.2, 0.25) is 0 Å². The van der Waals surface area contributed by atoms with Crippen LogP contribution in [-0.2, 0) is 0 Å². The summed E-state index contributed by atoms with van der Waals surface area (Å²) in [5, 5.41) is 0. The standard InChI is InChI=1S/C14H22N2/c1-10-6-7-14(13(15)9-10)16-8-4-5-11(2)12(16)3/h6-7,9,11-12H,4-5,8,15H2,1-3H3. The summed E-state index contributed by atoms with van der Waals surface area (Å²) < 4.78 is 0. The van der Waals surface area contributed by atoms with E-state index in [2.05, 4.69) is 43.9 Å². The van der Waals surface area contributed by atoms with Gasteiger partial charge in [0.25, 0.3) is 0 Å². The Morgan fingerprint density at radius 2 is 2.06 bits per heavy atom. The second-order valence-corrected chi connectivity index (χ2v) is 5.12. The first-order valence-electron chi connectivity index (χ1n) is 6.22. The van der Waals surface area contributed by atoms with Crippen LogP contribution in [0.25, 0.3) is 0 Å². The van der Waals surface area contributed by atoms with E-state index in [4.69, 9.17) is 5.73 Å². The van der Waals surface area contributed by atoms with Crippen molar-refractivity contribution in [2.24, 2.45) is 5.92 Å². The maximum absolute atomic E-state index is 6.12. The van der Waals surface area contributed by atoms with Crippen molar-refractivity contribution in [3.8, 4) is 0 Å². The number of nitrogens with two attached hydrogens (primary N) is 1. The van der Waals surface area contributed by atoms with Crippen molar-refractivity contribution < 1.29 is 0 Å². The van der Waals surface area contributed by atoms with Gasteiger partial charge in [0.15, 0.2) is 0 Å². The van der Waals surface area contributed by atoms with E-state index in [1.807, 2.05) is 0 Å². The van der Waals surface area contributed by atoms with E-state index in [9.17, 15) is 0 Å². The number of hydrogen-bond donors (Lipinski definition) is 1. The monoisotopic (exact) mass is 218 g/mol. The van der Waals surface area contributed by atoms with Gasteiger partial charge in [0, 0.05) is 12.6 Å². The summed E-state index contributed by atoms with van der Waals surface area (Å²) in [6, 6.07) is 6.98. The summed E-state index contributed by atoms with van der Waals surface area (Å²) in [4.78, 5) is 2.46. The molecule has 2 nitrogen and oxygen atoms in total. The molecule has 2 heteroatoms. The largest absolute Gasteiger partial charge is 0.397 e. The highest BCUT2D eigenvalue weighted by molar-refractivity contribution is 5.69. The minimum absolute atomic E-state index is 0.596. The van der Waals surface area contributed by atoms with E-state index < -0.39 is 0 Å². The fraction of sp³-hybridized carbons (Fsp3) is 0.571. The Bertz CT molecular complexity index is 373. The van der Waals surface area contributed by atoms with Gasteiger partial charge in [-0.2, -0.15) is 0 Å². The summed E-state index contributed by atoms with van der Waals surface area (Å²) in [6.07, 6.45) is 2.61. The Hall–Kier alpha value is -1.18. The molecule has 0 aliphatic carbocycles. The molecule has 0 aromatic heterocycles. The highest BCUT2D eigenvalue weighted by Crippen LogP contribution is 2.32. The number of benzene rings is 1. The molecule has 1 aliphatic heterocycles. The number of hydrogen-bond acceptors (Lipinski definition) is 2. The van der Waals surface area contributed by atoms with Crippen LogP contribution in [0.5, 0.6) is 0 Å². The van der Waals surface area contributed by atoms with Crippen LogP contribution < -0.4 is 10.6 Å². The molecular weight excluding hydrogens is 196 g/mol. The van der Waals surface area contributed by atoms with Gasteiger partial charge >= 0.3 is 0 Å². The van der Waals surface area contributed by atoms with Crippen molar-refractivity contribution in [1.29, 1.82) is 0 Å². The number of aryl methyl sites for hydroxylation is 1. The predicted molar refractivity (Wildman–Crippen MR) is 70.8 cm³/mol. The maximum Gasteiger partial charge on any atom is 0.0602 e. The highest BCUT2D eigenvalue weighted by atomic mass is 15.2. The molecule has 0 amide bonds. The predicted octanol–water partition coefficient (Wildman–Crippen LogP) is 3.20. The molecule has 1 heterocycles. The summed E-state index contributed by atoms with van der Waals surface area (Å²) >= 11 is 0. The first-order valence-corrected chi connectivity index (χ1v) is 6.22. The van der Waals surface area contributed by atoms with Crippen molar-refractivity contribution in [1.82, 2.24) is 0 Å². The molecule has 0 spiro atoms. The average molecular weight is 218 g/mol. The van der Waals surface area contributed by atoms with Crippen LogP contribution in [0.2, 0.25) is 0 Å². The van der Waals surface area contributed by atoms with Crippen molar-refractivity contribution in [2.45, 2.75) is 39.7 Å². The van der Waals surface area contributed by atoms with Crippen LogP contribution in [-0.4, -0.2) is 12.6 Å². The van der Waals surface area contributed by atoms with Crippen LogP contribution >= 0.6 is 0 Å². The lowest BCUT2D eigenvalue weighted by Crippen LogP contribution is -2.42. The summed E-state index contributed by atoms with van der Waals surface area (Å²) in [5.41, 5.74) is 9.48. The van der Waals surface area contributed by atoms with Gasteiger partial charge in [-0.25, -0.2) is 0 Å². The van der Waals surface area contributed by atoms with E-state index in [1.54, 1.807) is 0 Å². The molecule has 2 rings (SSSR count). The molecule has 0 radical (unpaired) electrons. The lowest BCUT2D eigenvalue weighted by Gasteiger charge is -2.40. The van der Waals surface area contributed by atoms with Gasteiger partial charge in [-0.3, -0.25) is 0 Å². The number of anilines is 2. The molecule has 1 aliphatic rings. The van der Waals surface area contributed by atoms with Crippen molar-refractivity contribution in [3.05, 3.63) is 23.8 Å². The Balaban J connectivity index is 2.29. The smallest absolute Gasteiger partial charge is 0.0602 e. The van der Waals surface area contributed by atoms with E-state index in [0.717, 1.165) is 18.2 Å². The zero-order chi connectivity index (χ0) is 11.7. The van der Waals surface area contributed by atoms with Gasteiger partial charge in [0.1, 0.15) is 0 Å². The van der Waals surface area contributed by atoms with E-state index in [1.165, 1.54) is 24.1 Å². The quantitative estimate of drug-likeness (QED) is 0.733. The van der Waals surface area contributed by atoms with Gasteiger partial charge in [-0.1, -0.05) is 13.0 Å². The topological polar surface area (TPSA) is 29.3 Å². The molecule has 2 unspecified atom stereocenters. The molecule has 88 valence electrons. The Kier molecular flexibility index (Phi) is 3.08. The minimum atomic E-state index is 0.596. The molecule has 2 N–H and O–H groups in total. The number of nitrogens with zero attached hydrogens (tertiary/aromatic N) is 1. The van der Waals surface area contributed by atoms with E-state index >= 15 is 0 Å². The van der Waals surface area contributed by atoms with Gasteiger partial charge in [-0.05, 0) is 50.3 Å². The summed E-state index contributed by atoms with van der Waals surface area (Å²) in [7, 11) is 0. The molecule has 1 aromatic rings. The van der Waals surface area contributed by atoms with Crippen LogP contribution in [0.4, 0.5) is 11.4 Å². The summed E-state index contributed by atoms with van der Waals surface area (Å²) in [6.45, 7) is 7.87. The molecule has 1 fully saturated rings. The van der Waals surface area contributed by atoms with Crippen LogP contribution in [0.3, 0.4) is 0 Å². The number of nitrogen functional groups attached to an aromatic ring is 1. The normalized spacial score (nSPS) is 25.8. The Labute approximate surface area is 98.4 Å². The zero-order valence-electron chi connectivity index (χ0n) is 10.5. The number of rotatable bonds is 1. The molecule has 0 bridgehead atoms. The SMILES string of the molecule is Cc1ccc(N2CCCC(C)C2C)c(N)c1. The molecule has 1 saturated heterocycles. The molecule has 0 saturated carbocycles. The van der Waals surface area contributed by atoms with Gasteiger partial charge < -0.3 is 10.6 Å². The van der Waals surface area contributed by atoms with Crippen molar-refractivity contribution in [2.75, 3.05) is 17.2 Å². The van der Waals surface area contributed by atoms with Crippen LogP contribution in [0, 0.1) is 12.8 Å². The molecule has 16 heavy (non-hydrogen) atoms. The number of piperidine rings is 1. The zero-order valence-corrected chi connectivity index (χ0v) is 10.5. The Morgan fingerprint density at radius 1 is 1.31 bits per heavy atom. The fourth-order valence-corrected chi connectivity index (χ4v) is 2.61. The lowest BCUT2D eigenvalue weighted by atomic mass is 9.91. The van der Waals surface area contributed by atoms with Crippen molar-refractivity contribution >= 4 is 11.4 Å². The van der Waals surface area contributed by atoms with E-state index in [0.29, 0.717) is 6.04 Å². The maximum atomic E-state index is 6.12. The minimum Gasteiger partial charge on any atom is -0.397 e. The third-order valence-corrected chi connectivity index (χ3v) is 3.87. The average Bonchev–Trinajstić information content (AvgIpc) is 2.23. The molecular formula is C14H22N2. The second-order valence-electron chi connectivity index (χ2n) is 5.12. The highest BCUT2D eigenvalue weighted by Gasteiger charge is 2.25. The van der Waals surface area contributed by atoms with E-state index in [-0.39, 0.29) is 0 Å². The fourth-order valence-electron chi connectivity index (χ4n) is 2.61. The first-order chi connectivity index (χ1) is 7.59. The van der Waals surface area contributed by atoms with Crippen LogP contribution in [0.15, 0.2) is 18.2 Å². The third-order valence-electron chi connectivity index (χ3n) is 3.87. The third kappa shape index (κ3) is 2.01. The lowest BCUT2D eigenvalue weighted by molar-refractivity contribution is 0.364. The second kappa shape index (κ2) is 4.36. The van der Waals surface area contributed by atoms with Gasteiger partial charge in [-0.15, -0.1) is 0 Å². The Morgan fingerprint density at radius 3 is 2.75 bits per heavy atom. The first kappa shape index (κ1) is 11.3.